The lowest BCUT2D eigenvalue weighted by atomic mass is 9.93. The number of rotatable bonds is 5. The van der Waals surface area contributed by atoms with Crippen molar-refractivity contribution in [2.45, 2.75) is 46.1 Å². The number of furan rings is 1. The average molecular weight is 304 g/mol. The molecule has 0 aliphatic carbocycles. The molecule has 1 aromatic rings. The Morgan fingerprint density at radius 2 is 2.27 bits per heavy atom. The molecule has 22 heavy (non-hydrogen) atoms. The molecule has 122 valence electrons. The Morgan fingerprint density at radius 3 is 2.91 bits per heavy atom. The zero-order valence-electron chi connectivity index (χ0n) is 14.2. The Bertz CT molecular complexity index is 531. The first-order valence-corrected chi connectivity index (χ1v) is 8.14. The monoisotopic (exact) mass is 304 g/mol. The summed E-state index contributed by atoms with van der Waals surface area (Å²) in [6.45, 7) is 11.5. The van der Waals surface area contributed by atoms with Gasteiger partial charge in [0.1, 0.15) is 11.5 Å². The van der Waals surface area contributed by atoms with E-state index in [0.29, 0.717) is 12.3 Å². The highest BCUT2D eigenvalue weighted by Gasteiger charge is 2.30. The number of carbonyl (C=O) groups is 1. The number of hydrogen-bond donors (Lipinski definition) is 1. The van der Waals surface area contributed by atoms with E-state index >= 15 is 0 Å². The standard InChI is InChI=1S/C18H28N2O2/c1-14-6-5-11-20(12-14)18(3,4)13-19-17(21)10-9-16-8-7-15(2)22-16/h7-10,14H,5-6,11-13H2,1-4H3,(H,19,21)/b10-9+/t14-/m0/s1. The molecule has 1 amide bonds. The van der Waals surface area contributed by atoms with E-state index in [9.17, 15) is 4.79 Å². The van der Waals surface area contributed by atoms with Crippen LogP contribution in [-0.4, -0.2) is 36.0 Å². The van der Waals surface area contributed by atoms with Crippen molar-refractivity contribution >= 4 is 12.0 Å². The van der Waals surface area contributed by atoms with Crippen LogP contribution in [0.1, 0.15) is 45.1 Å². The van der Waals surface area contributed by atoms with Crippen LogP contribution >= 0.6 is 0 Å². The predicted molar refractivity (Wildman–Crippen MR) is 89.5 cm³/mol. The molecule has 0 unspecified atom stereocenters. The van der Waals surface area contributed by atoms with Crippen molar-refractivity contribution in [3.05, 3.63) is 29.7 Å². The summed E-state index contributed by atoms with van der Waals surface area (Å²) in [7, 11) is 0. The van der Waals surface area contributed by atoms with Crippen molar-refractivity contribution < 1.29 is 9.21 Å². The molecule has 0 saturated carbocycles. The Balaban J connectivity index is 1.82. The molecule has 0 aromatic carbocycles. The van der Waals surface area contributed by atoms with Crippen molar-refractivity contribution in [1.82, 2.24) is 10.2 Å². The minimum absolute atomic E-state index is 0.0144. The largest absolute Gasteiger partial charge is 0.462 e. The molecule has 1 saturated heterocycles. The Morgan fingerprint density at radius 1 is 1.50 bits per heavy atom. The van der Waals surface area contributed by atoms with Crippen molar-refractivity contribution in [3.8, 4) is 0 Å². The Labute approximate surface area is 133 Å². The van der Waals surface area contributed by atoms with Gasteiger partial charge in [0.2, 0.25) is 5.91 Å². The van der Waals surface area contributed by atoms with Gasteiger partial charge in [0.15, 0.2) is 0 Å². The molecule has 4 nitrogen and oxygen atoms in total. The molecule has 0 radical (unpaired) electrons. The molecule has 1 fully saturated rings. The maximum Gasteiger partial charge on any atom is 0.244 e. The van der Waals surface area contributed by atoms with E-state index in [1.54, 1.807) is 6.08 Å². The Hall–Kier alpha value is -1.55. The highest BCUT2D eigenvalue weighted by atomic mass is 16.3. The molecule has 4 heteroatoms. The second kappa shape index (κ2) is 7.14. The van der Waals surface area contributed by atoms with Gasteiger partial charge in [-0.25, -0.2) is 0 Å². The molecule has 1 atom stereocenters. The van der Waals surface area contributed by atoms with Crippen LogP contribution in [0.3, 0.4) is 0 Å². The van der Waals surface area contributed by atoms with Crippen LogP contribution in [-0.2, 0) is 4.79 Å². The molecule has 2 heterocycles. The summed E-state index contributed by atoms with van der Waals surface area (Å²) in [5, 5.41) is 3.00. The minimum atomic E-state index is -0.0767. The van der Waals surface area contributed by atoms with Crippen LogP contribution < -0.4 is 5.32 Å². The van der Waals surface area contributed by atoms with Crippen LogP contribution in [0, 0.1) is 12.8 Å². The number of amides is 1. The van der Waals surface area contributed by atoms with E-state index in [-0.39, 0.29) is 11.4 Å². The van der Waals surface area contributed by atoms with Gasteiger partial charge in [-0.05, 0) is 64.3 Å². The number of nitrogens with one attached hydrogen (secondary N) is 1. The fourth-order valence-corrected chi connectivity index (χ4v) is 2.91. The first-order valence-electron chi connectivity index (χ1n) is 8.14. The fraction of sp³-hybridized carbons (Fsp3) is 0.611. The molecule has 2 rings (SSSR count). The maximum atomic E-state index is 12.0. The van der Waals surface area contributed by atoms with Crippen LogP contribution in [0.15, 0.2) is 22.6 Å². The van der Waals surface area contributed by atoms with Crippen LogP contribution in [0.4, 0.5) is 0 Å². The van der Waals surface area contributed by atoms with E-state index < -0.39 is 0 Å². The maximum absolute atomic E-state index is 12.0. The zero-order chi connectivity index (χ0) is 16.2. The summed E-state index contributed by atoms with van der Waals surface area (Å²) < 4.78 is 5.41. The highest BCUT2D eigenvalue weighted by Crippen LogP contribution is 2.23. The molecule has 1 aliphatic rings. The van der Waals surface area contributed by atoms with Crippen molar-refractivity contribution in [2.75, 3.05) is 19.6 Å². The zero-order valence-corrected chi connectivity index (χ0v) is 14.2. The van der Waals surface area contributed by atoms with Crippen LogP contribution in [0.25, 0.3) is 6.08 Å². The summed E-state index contributed by atoms with van der Waals surface area (Å²) >= 11 is 0. The quantitative estimate of drug-likeness (QED) is 0.850. The number of aryl methyl sites for hydroxylation is 1. The number of carbonyl (C=O) groups excluding carboxylic acids is 1. The SMILES string of the molecule is Cc1ccc(/C=C/C(=O)NCC(C)(C)N2CCC[C@H](C)C2)o1. The van der Waals surface area contributed by atoms with Gasteiger partial charge in [-0.15, -0.1) is 0 Å². The third-order valence-electron chi connectivity index (χ3n) is 4.37. The molecule has 1 aliphatic heterocycles. The summed E-state index contributed by atoms with van der Waals surface area (Å²) in [6.07, 6.45) is 5.80. The predicted octanol–water partition coefficient (Wildman–Crippen LogP) is 3.23. The lowest BCUT2D eigenvalue weighted by Crippen LogP contribution is -2.54. The van der Waals surface area contributed by atoms with E-state index in [1.807, 2.05) is 19.1 Å². The van der Waals surface area contributed by atoms with Crippen LogP contribution in [0.5, 0.6) is 0 Å². The smallest absolute Gasteiger partial charge is 0.244 e. The summed E-state index contributed by atoms with van der Waals surface area (Å²) in [6, 6.07) is 3.75. The van der Waals surface area contributed by atoms with Gasteiger partial charge in [0, 0.05) is 24.7 Å². The number of piperidine rings is 1. The van der Waals surface area contributed by atoms with Gasteiger partial charge in [-0.3, -0.25) is 9.69 Å². The first kappa shape index (κ1) is 16.8. The van der Waals surface area contributed by atoms with Gasteiger partial charge in [-0.2, -0.15) is 0 Å². The van der Waals surface area contributed by atoms with E-state index in [0.717, 1.165) is 24.8 Å². The topological polar surface area (TPSA) is 45.5 Å². The molecule has 0 spiro atoms. The number of nitrogens with zero attached hydrogens (tertiary/aromatic N) is 1. The number of hydrogen-bond acceptors (Lipinski definition) is 3. The fourth-order valence-electron chi connectivity index (χ4n) is 2.91. The van der Waals surface area contributed by atoms with Crippen LogP contribution in [0.2, 0.25) is 0 Å². The third-order valence-corrected chi connectivity index (χ3v) is 4.37. The second-order valence-electron chi connectivity index (χ2n) is 7.01. The van der Waals surface area contributed by atoms with Gasteiger partial charge in [0.05, 0.1) is 0 Å². The molecule has 0 bridgehead atoms. The Kier molecular flexibility index (Phi) is 5.46. The third kappa shape index (κ3) is 4.73. The van der Waals surface area contributed by atoms with Gasteiger partial charge in [0.25, 0.3) is 0 Å². The number of likely N-dealkylation sites (tertiary alicyclic amines) is 1. The lowest BCUT2D eigenvalue weighted by molar-refractivity contribution is -0.117. The van der Waals surface area contributed by atoms with E-state index in [2.05, 4.69) is 31.0 Å². The van der Waals surface area contributed by atoms with E-state index in [4.69, 9.17) is 4.42 Å². The van der Waals surface area contributed by atoms with Crippen molar-refractivity contribution in [1.29, 1.82) is 0 Å². The molecule has 1 aromatic heterocycles. The normalized spacial score (nSPS) is 20.5. The lowest BCUT2D eigenvalue weighted by Gasteiger charge is -2.43. The molecular formula is C18H28N2O2. The summed E-state index contributed by atoms with van der Waals surface area (Å²) in [4.78, 5) is 14.4. The second-order valence-corrected chi connectivity index (χ2v) is 7.01. The highest BCUT2D eigenvalue weighted by molar-refractivity contribution is 5.91. The summed E-state index contributed by atoms with van der Waals surface area (Å²) in [5.74, 6) is 2.22. The average Bonchev–Trinajstić information content (AvgIpc) is 2.89. The molecular weight excluding hydrogens is 276 g/mol. The van der Waals surface area contributed by atoms with Crippen molar-refractivity contribution in [2.24, 2.45) is 5.92 Å². The molecule has 1 N–H and O–H groups in total. The first-order chi connectivity index (χ1) is 10.4. The van der Waals surface area contributed by atoms with Gasteiger partial charge >= 0.3 is 0 Å². The van der Waals surface area contributed by atoms with Crippen molar-refractivity contribution in [3.63, 3.8) is 0 Å². The van der Waals surface area contributed by atoms with Gasteiger partial charge < -0.3 is 9.73 Å². The van der Waals surface area contributed by atoms with Gasteiger partial charge in [-0.1, -0.05) is 6.92 Å². The minimum Gasteiger partial charge on any atom is -0.462 e. The summed E-state index contributed by atoms with van der Waals surface area (Å²) in [5.41, 5.74) is -0.0144. The van der Waals surface area contributed by atoms with E-state index in [1.165, 1.54) is 18.9 Å².